The minimum Gasteiger partial charge on any atom is -0.304 e. The van der Waals surface area contributed by atoms with E-state index >= 15 is 0 Å². The second kappa shape index (κ2) is 5.24. The first-order chi connectivity index (χ1) is 7.59. The summed E-state index contributed by atoms with van der Waals surface area (Å²) in [6.07, 6.45) is 0.694. The van der Waals surface area contributed by atoms with Crippen LogP contribution in [0.25, 0.3) is 0 Å². The van der Waals surface area contributed by atoms with E-state index in [4.69, 9.17) is 0 Å². The van der Waals surface area contributed by atoms with Crippen LogP contribution in [-0.2, 0) is 10.0 Å². The fourth-order valence-electron chi connectivity index (χ4n) is 2.09. The number of likely N-dealkylation sites (tertiary alicyclic amines) is 1. The molecule has 0 spiro atoms. The van der Waals surface area contributed by atoms with Gasteiger partial charge in [-0.3, -0.25) is 0 Å². The van der Waals surface area contributed by atoms with E-state index in [1.54, 1.807) is 0 Å². The minimum atomic E-state index is -3.13. The lowest BCUT2D eigenvalue weighted by atomic mass is 9.94. The summed E-state index contributed by atoms with van der Waals surface area (Å²) in [6.45, 7) is 10.1. The average Bonchev–Trinajstić information content (AvgIpc) is 2.40. The van der Waals surface area contributed by atoms with Crippen LogP contribution in [0, 0.1) is 11.3 Å². The highest BCUT2D eigenvalue weighted by atomic mass is 32.2. The maximum atomic E-state index is 12.0. The summed E-state index contributed by atoms with van der Waals surface area (Å²) in [4.78, 5) is 2.17. The fourth-order valence-corrected chi connectivity index (χ4v) is 3.86. The molecule has 1 aliphatic rings. The van der Waals surface area contributed by atoms with Crippen molar-refractivity contribution in [2.45, 2.75) is 40.2 Å². The Kier molecular flexibility index (Phi) is 4.60. The van der Waals surface area contributed by atoms with Crippen molar-refractivity contribution in [2.75, 3.05) is 25.9 Å². The molecule has 1 N–H and O–H groups in total. The van der Waals surface area contributed by atoms with E-state index in [0.717, 1.165) is 13.1 Å². The molecule has 0 aliphatic carbocycles. The minimum absolute atomic E-state index is 0.0623. The summed E-state index contributed by atoms with van der Waals surface area (Å²) < 4.78 is 26.8. The molecule has 0 amide bonds. The second-order valence-corrected chi connectivity index (χ2v) is 8.43. The predicted octanol–water partition coefficient (Wildman–Crippen LogP) is 1.29. The summed E-state index contributed by atoms with van der Waals surface area (Å²) in [5, 5.41) is 0. The molecule has 0 unspecified atom stereocenters. The molecular formula is C12H26N2O2S. The summed E-state index contributed by atoms with van der Waals surface area (Å²) in [7, 11) is -1.10. The Morgan fingerprint density at radius 2 is 1.88 bits per heavy atom. The van der Waals surface area contributed by atoms with Crippen LogP contribution < -0.4 is 4.72 Å². The number of sulfonamides is 1. The molecule has 1 heterocycles. The third-order valence-electron chi connectivity index (χ3n) is 3.25. The second-order valence-electron chi connectivity index (χ2n) is 6.55. The van der Waals surface area contributed by atoms with Gasteiger partial charge in [-0.05, 0) is 24.8 Å². The van der Waals surface area contributed by atoms with Crippen LogP contribution in [0.5, 0.6) is 0 Å². The molecule has 4 nitrogen and oxygen atoms in total. The lowest BCUT2D eigenvalue weighted by Gasteiger charge is -2.20. The standard InChI is InChI=1S/C12H26N2O2S/c1-10-8-14(5)9-11(10)13-17(15,16)7-6-12(2,3)4/h10-11,13H,6-9H2,1-5H3/t10-,11-/m0/s1. The Hall–Kier alpha value is -0.130. The third kappa shape index (κ3) is 5.36. The number of nitrogens with zero attached hydrogens (tertiary/aromatic N) is 1. The number of hydrogen-bond acceptors (Lipinski definition) is 3. The van der Waals surface area contributed by atoms with Crippen LogP contribution in [0.4, 0.5) is 0 Å². The van der Waals surface area contributed by atoms with Crippen molar-refractivity contribution >= 4 is 10.0 Å². The molecule has 0 aromatic rings. The van der Waals surface area contributed by atoms with E-state index in [-0.39, 0.29) is 17.2 Å². The number of rotatable bonds is 4. The highest BCUT2D eigenvalue weighted by molar-refractivity contribution is 7.89. The fraction of sp³-hybridized carbons (Fsp3) is 1.00. The van der Waals surface area contributed by atoms with Crippen LogP contribution in [0.2, 0.25) is 0 Å². The Labute approximate surface area is 106 Å². The zero-order chi connectivity index (χ0) is 13.3. The third-order valence-corrected chi connectivity index (χ3v) is 4.65. The maximum absolute atomic E-state index is 12.0. The summed E-state index contributed by atoms with van der Waals surface area (Å²) in [5.74, 6) is 0.619. The SMILES string of the molecule is C[C@H]1CN(C)C[C@@H]1NS(=O)(=O)CCC(C)(C)C. The summed E-state index contributed by atoms with van der Waals surface area (Å²) in [6, 6.07) is 0.0740. The van der Waals surface area contributed by atoms with Crippen LogP contribution in [0.1, 0.15) is 34.1 Å². The Bertz CT molecular complexity index is 346. The van der Waals surface area contributed by atoms with Gasteiger partial charge in [-0.2, -0.15) is 0 Å². The maximum Gasteiger partial charge on any atom is 0.211 e. The lowest BCUT2D eigenvalue weighted by molar-refractivity contribution is 0.393. The predicted molar refractivity (Wildman–Crippen MR) is 71.4 cm³/mol. The molecule has 0 bridgehead atoms. The van der Waals surface area contributed by atoms with Gasteiger partial charge in [0.2, 0.25) is 10.0 Å². The van der Waals surface area contributed by atoms with Crippen LogP contribution in [0.15, 0.2) is 0 Å². The monoisotopic (exact) mass is 262 g/mol. The van der Waals surface area contributed by atoms with Crippen molar-refractivity contribution in [1.82, 2.24) is 9.62 Å². The van der Waals surface area contributed by atoms with E-state index in [1.807, 2.05) is 7.05 Å². The normalized spacial score (nSPS) is 27.6. The molecule has 0 saturated carbocycles. The highest BCUT2D eigenvalue weighted by Crippen LogP contribution is 2.20. The van der Waals surface area contributed by atoms with E-state index in [9.17, 15) is 8.42 Å². The molecule has 17 heavy (non-hydrogen) atoms. The van der Waals surface area contributed by atoms with E-state index in [1.165, 1.54) is 0 Å². The van der Waals surface area contributed by atoms with E-state index in [0.29, 0.717) is 12.3 Å². The first kappa shape index (κ1) is 14.9. The van der Waals surface area contributed by atoms with Gasteiger partial charge >= 0.3 is 0 Å². The van der Waals surface area contributed by atoms with Crippen molar-refractivity contribution in [1.29, 1.82) is 0 Å². The van der Waals surface area contributed by atoms with Gasteiger partial charge in [-0.1, -0.05) is 27.7 Å². The number of nitrogens with one attached hydrogen (secondary N) is 1. The molecule has 1 fully saturated rings. The molecule has 1 aliphatic heterocycles. The molecule has 5 heteroatoms. The summed E-state index contributed by atoms with van der Waals surface area (Å²) in [5.41, 5.74) is 0.0623. The molecule has 1 saturated heterocycles. The van der Waals surface area contributed by atoms with Gasteiger partial charge in [0.05, 0.1) is 5.75 Å². The molecule has 102 valence electrons. The Morgan fingerprint density at radius 3 is 2.29 bits per heavy atom. The van der Waals surface area contributed by atoms with Crippen molar-refractivity contribution < 1.29 is 8.42 Å². The van der Waals surface area contributed by atoms with E-state index < -0.39 is 10.0 Å². The van der Waals surface area contributed by atoms with Crippen molar-refractivity contribution in [3.05, 3.63) is 0 Å². The first-order valence-electron chi connectivity index (χ1n) is 6.28. The van der Waals surface area contributed by atoms with Crippen LogP contribution in [0.3, 0.4) is 0 Å². The summed E-state index contributed by atoms with van der Waals surface area (Å²) >= 11 is 0. The largest absolute Gasteiger partial charge is 0.304 e. The van der Waals surface area contributed by atoms with Gasteiger partial charge in [0, 0.05) is 19.1 Å². The molecule has 0 aromatic carbocycles. The molecule has 1 rings (SSSR count). The average molecular weight is 262 g/mol. The van der Waals surface area contributed by atoms with Gasteiger partial charge in [0.15, 0.2) is 0 Å². The van der Waals surface area contributed by atoms with Crippen molar-refractivity contribution in [3.8, 4) is 0 Å². The smallest absolute Gasteiger partial charge is 0.211 e. The van der Waals surface area contributed by atoms with Crippen molar-refractivity contribution in [2.24, 2.45) is 11.3 Å². The Morgan fingerprint density at radius 1 is 1.29 bits per heavy atom. The zero-order valence-corrected chi connectivity index (χ0v) is 12.5. The van der Waals surface area contributed by atoms with Gasteiger partial charge in [0.1, 0.15) is 0 Å². The van der Waals surface area contributed by atoms with Crippen molar-refractivity contribution in [3.63, 3.8) is 0 Å². The Balaban J connectivity index is 2.50. The van der Waals surface area contributed by atoms with Gasteiger partial charge < -0.3 is 4.90 Å². The van der Waals surface area contributed by atoms with Gasteiger partial charge in [-0.15, -0.1) is 0 Å². The van der Waals surface area contributed by atoms with E-state index in [2.05, 4.69) is 37.3 Å². The zero-order valence-electron chi connectivity index (χ0n) is 11.7. The number of likely N-dealkylation sites (N-methyl/N-ethyl adjacent to an activating group) is 1. The number of hydrogen-bond donors (Lipinski definition) is 1. The van der Waals surface area contributed by atoms with Crippen LogP contribution in [-0.4, -0.2) is 45.2 Å². The lowest BCUT2D eigenvalue weighted by Crippen LogP contribution is -2.41. The highest BCUT2D eigenvalue weighted by Gasteiger charge is 2.30. The first-order valence-corrected chi connectivity index (χ1v) is 7.93. The quantitative estimate of drug-likeness (QED) is 0.830. The molecular weight excluding hydrogens is 236 g/mol. The molecule has 0 aromatic heterocycles. The van der Waals surface area contributed by atoms with Gasteiger partial charge in [-0.25, -0.2) is 13.1 Å². The molecule has 0 radical (unpaired) electrons. The van der Waals surface area contributed by atoms with Gasteiger partial charge in [0.25, 0.3) is 0 Å². The molecule has 2 atom stereocenters. The topological polar surface area (TPSA) is 49.4 Å². The van der Waals surface area contributed by atoms with Crippen LogP contribution >= 0.6 is 0 Å².